The smallest absolute Gasteiger partial charge is 0.192 e. The fourth-order valence-electron chi connectivity index (χ4n) is 2.56. The largest absolute Gasteiger partial charge is 0.377 e. The predicted molar refractivity (Wildman–Crippen MR) is 86.0 cm³/mol. The van der Waals surface area contributed by atoms with E-state index < -0.39 is 9.84 Å². The Morgan fingerprint density at radius 2 is 2.24 bits per heavy atom. The van der Waals surface area contributed by atoms with Crippen LogP contribution in [0, 0.1) is 0 Å². The van der Waals surface area contributed by atoms with Gasteiger partial charge in [-0.2, -0.15) is 0 Å². The Morgan fingerprint density at radius 1 is 1.43 bits per heavy atom. The molecule has 3 rings (SSSR count). The molecule has 2 aromatic heterocycles. The Kier molecular flexibility index (Phi) is 3.94. The van der Waals surface area contributed by atoms with Gasteiger partial charge in [-0.15, -0.1) is 11.3 Å². The predicted octanol–water partition coefficient (Wildman–Crippen LogP) is 3.69. The SMILES string of the molecule is CS(=O)(=O)c1ccc(NC2CCCc3sc(Cl)cc32)cn1. The summed E-state index contributed by atoms with van der Waals surface area (Å²) in [6.45, 7) is 0. The first-order valence-corrected chi connectivity index (χ1v) is 9.73. The highest BCUT2D eigenvalue weighted by molar-refractivity contribution is 7.90. The minimum Gasteiger partial charge on any atom is -0.377 e. The van der Waals surface area contributed by atoms with Crippen molar-refractivity contribution in [3.05, 3.63) is 39.2 Å². The van der Waals surface area contributed by atoms with Crippen LogP contribution >= 0.6 is 22.9 Å². The molecule has 0 amide bonds. The number of hydrogen-bond donors (Lipinski definition) is 1. The molecule has 21 heavy (non-hydrogen) atoms. The molecule has 0 fully saturated rings. The molecule has 0 saturated heterocycles. The van der Waals surface area contributed by atoms with Gasteiger partial charge in [0, 0.05) is 11.1 Å². The van der Waals surface area contributed by atoms with Crippen LogP contribution in [0.25, 0.3) is 0 Å². The third-order valence-electron chi connectivity index (χ3n) is 3.54. The molecule has 1 N–H and O–H groups in total. The number of fused-ring (bicyclic) bond motifs is 1. The molecule has 1 atom stereocenters. The Balaban J connectivity index is 1.81. The lowest BCUT2D eigenvalue weighted by Crippen LogP contribution is -2.15. The van der Waals surface area contributed by atoms with Crippen molar-refractivity contribution in [3.8, 4) is 0 Å². The summed E-state index contributed by atoms with van der Waals surface area (Å²) in [7, 11) is -3.25. The van der Waals surface area contributed by atoms with Gasteiger partial charge in [-0.25, -0.2) is 13.4 Å². The third-order valence-corrected chi connectivity index (χ3v) is 5.88. The number of anilines is 1. The third kappa shape index (κ3) is 3.22. The van der Waals surface area contributed by atoms with E-state index in [9.17, 15) is 8.42 Å². The second-order valence-corrected chi connectivity index (χ2v) is 8.91. The average Bonchev–Trinajstić information content (AvgIpc) is 2.80. The number of hydrogen-bond acceptors (Lipinski definition) is 5. The molecule has 0 spiro atoms. The number of aryl methyl sites for hydroxylation is 1. The fraction of sp³-hybridized carbons (Fsp3) is 0.357. The quantitative estimate of drug-likeness (QED) is 0.924. The lowest BCUT2D eigenvalue weighted by atomic mass is 9.94. The van der Waals surface area contributed by atoms with E-state index in [4.69, 9.17) is 11.6 Å². The van der Waals surface area contributed by atoms with Crippen molar-refractivity contribution in [1.82, 2.24) is 4.98 Å². The van der Waals surface area contributed by atoms with Crippen LogP contribution in [0.5, 0.6) is 0 Å². The normalized spacial score (nSPS) is 18.3. The minimum absolute atomic E-state index is 0.0935. The van der Waals surface area contributed by atoms with Crippen molar-refractivity contribution in [2.45, 2.75) is 30.3 Å². The van der Waals surface area contributed by atoms with Crippen LogP contribution < -0.4 is 5.32 Å². The zero-order valence-corrected chi connectivity index (χ0v) is 13.9. The van der Waals surface area contributed by atoms with Crippen molar-refractivity contribution in [2.75, 3.05) is 11.6 Å². The molecule has 1 aliphatic carbocycles. The first kappa shape index (κ1) is 14.8. The van der Waals surface area contributed by atoms with Crippen molar-refractivity contribution in [2.24, 2.45) is 0 Å². The van der Waals surface area contributed by atoms with Gasteiger partial charge in [-0.1, -0.05) is 11.6 Å². The Hall–Kier alpha value is -1.11. The summed E-state index contributed by atoms with van der Waals surface area (Å²) >= 11 is 7.74. The molecule has 0 bridgehead atoms. The van der Waals surface area contributed by atoms with Gasteiger partial charge in [0.1, 0.15) is 0 Å². The van der Waals surface area contributed by atoms with Gasteiger partial charge in [0.25, 0.3) is 0 Å². The summed E-state index contributed by atoms with van der Waals surface area (Å²) in [5.74, 6) is 0. The van der Waals surface area contributed by atoms with E-state index in [1.807, 2.05) is 6.07 Å². The summed E-state index contributed by atoms with van der Waals surface area (Å²) < 4.78 is 23.6. The first-order valence-electron chi connectivity index (χ1n) is 6.64. The van der Waals surface area contributed by atoms with Crippen LogP contribution in [0.2, 0.25) is 4.34 Å². The molecule has 112 valence electrons. The Labute approximate surface area is 133 Å². The zero-order valence-electron chi connectivity index (χ0n) is 11.5. The topological polar surface area (TPSA) is 59.1 Å². The molecule has 4 nitrogen and oxygen atoms in total. The van der Waals surface area contributed by atoms with Gasteiger partial charge in [-0.05, 0) is 43.0 Å². The number of rotatable bonds is 3. The summed E-state index contributed by atoms with van der Waals surface area (Å²) in [4.78, 5) is 5.34. The number of pyridine rings is 1. The fourth-order valence-corrected chi connectivity index (χ4v) is 4.50. The molecule has 7 heteroatoms. The summed E-state index contributed by atoms with van der Waals surface area (Å²) in [6.07, 6.45) is 5.96. The van der Waals surface area contributed by atoms with E-state index in [1.165, 1.54) is 16.5 Å². The van der Waals surface area contributed by atoms with Gasteiger partial charge >= 0.3 is 0 Å². The van der Waals surface area contributed by atoms with E-state index in [0.717, 1.165) is 35.5 Å². The van der Waals surface area contributed by atoms with Gasteiger partial charge < -0.3 is 5.32 Å². The van der Waals surface area contributed by atoms with Gasteiger partial charge in [0.2, 0.25) is 0 Å². The highest BCUT2D eigenvalue weighted by atomic mass is 35.5. The molecule has 0 radical (unpaired) electrons. The van der Waals surface area contributed by atoms with Crippen LogP contribution in [0.15, 0.2) is 29.4 Å². The van der Waals surface area contributed by atoms with Crippen LogP contribution in [0.1, 0.15) is 29.3 Å². The van der Waals surface area contributed by atoms with Crippen LogP contribution in [-0.4, -0.2) is 19.7 Å². The molecular weight excluding hydrogens is 328 g/mol. The summed E-state index contributed by atoms with van der Waals surface area (Å²) in [5, 5.41) is 3.51. The number of thiophene rings is 1. The minimum atomic E-state index is -3.25. The Morgan fingerprint density at radius 3 is 2.90 bits per heavy atom. The van der Waals surface area contributed by atoms with E-state index in [0.29, 0.717) is 0 Å². The van der Waals surface area contributed by atoms with E-state index >= 15 is 0 Å². The number of sulfone groups is 1. The van der Waals surface area contributed by atoms with Crippen LogP contribution in [0.3, 0.4) is 0 Å². The summed E-state index contributed by atoms with van der Waals surface area (Å²) in [5.41, 5.74) is 2.08. The molecule has 2 aromatic rings. The summed E-state index contributed by atoms with van der Waals surface area (Å²) in [6, 6.07) is 5.52. The maximum Gasteiger partial charge on any atom is 0.192 e. The number of aromatic nitrogens is 1. The molecule has 0 aromatic carbocycles. The number of halogens is 1. The van der Waals surface area contributed by atoms with Crippen molar-refractivity contribution < 1.29 is 8.42 Å². The number of nitrogens with one attached hydrogen (secondary N) is 1. The maximum absolute atomic E-state index is 11.4. The van der Waals surface area contributed by atoms with Gasteiger partial charge in [0.05, 0.1) is 22.3 Å². The van der Waals surface area contributed by atoms with E-state index in [2.05, 4.69) is 10.3 Å². The Bertz CT molecular complexity index is 754. The molecule has 0 aliphatic heterocycles. The van der Waals surface area contributed by atoms with Crippen LogP contribution in [-0.2, 0) is 16.3 Å². The van der Waals surface area contributed by atoms with Crippen molar-refractivity contribution >= 4 is 38.5 Å². The lowest BCUT2D eigenvalue weighted by Gasteiger charge is -2.24. The van der Waals surface area contributed by atoms with Gasteiger partial charge in [-0.3, -0.25) is 0 Å². The second-order valence-electron chi connectivity index (χ2n) is 5.18. The first-order chi connectivity index (χ1) is 9.93. The monoisotopic (exact) mass is 342 g/mol. The molecular formula is C14H15ClN2O2S2. The molecule has 1 unspecified atom stereocenters. The highest BCUT2D eigenvalue weighted by Gasteiger charge is 2.22. The average molecular weight is 343 g/mol. The van der Waals surface area contributed by atoms with Crippen LogP contribution in [0.4, 0.5) is 5.69 Å². The van der Waals surface area contributed by atoms with Gasteiger partial charge in [0.15, 0.2) is 14.9 Å². The lowest BCUT2D eigenvalue weighted by molar-refractivity contribution is 0.598. The molecule has 1 aliphatic rings. The second kappa shape index (κ2) is 5.59. The molecule has 0 saturated carbocycles. The highest BCUT2D eigenvalue weighted by Crippen LogP contribution is 2.39. The number of nitrogens with zero attached hydrogens (tertiary/aromatic N) is 1. The van der Waals surface area contributed by atoms with Crippen molar-refractivity contribution in [1.29, 1.82) is 0 Å². The standard InChI is InChI=1S/C14H15ClN2O2S2/c1-21(18,19)14-6-5-9(8-16-14)17-11-3-2-4-12-10(11)7-13(15)20-12/h5-8,11,17H,2-4H2,1H3. The van der Waals surface area contributed by atoms with E-state index in [1.54, 1.807) is 23.6 Å². The molecule has 2 heterocycles. The van der Waals surface area contributed by atoms with E-state index in [-0.39, 0.29) is 11.1 Å². The van der Waals surface area contributed by atoms with Crippen molar-refractivity contribution in [3.63, 3.8) is 0 Å². The zero-order chi connectivity index (χ0) is 15.0. The maximum atomic E-state index is 11.4.